The van der Waals surface area contributed by atoms with E-state index in [-0.39, 0.29) is 17.6 Å². The number of aromatic nitrogens is 2. The van der Waals surface area contributed by atoms with E-state index < -0.39 is 9.84 Å². The van der Waals surface area contributed by atoms with E-state index in [1.54, 1.807) is 30.5 Å². The zero-order valence-electron chi connectivity index (χ0n) is 20.4. The topological polar surface area (TPSA) is 75.5 Å². The normalized spacial score (nSPS) is 17.6. The Balaban J connectivity index is 1.35. The lowest BCUT2D eigenvalue weighted by Crippen LogP contribution is -2.34. The van der Waals surface area contributed by atoms with Crippen LogP contribution in [0.15, 0.2) is 59.6 Å². The number of sulfone groups is 1. The van der Waals surface area contributed by atoms with Crippen LogP contribution in [-0.2, 0) is 16.4 Å². The SMILES string of the molecule is CS(=O)(=O)c1ccc(CN2CCC(c3c(C(=O)N4CCCC4)cnn3-c3ccc(F)cc3)CC2)cc1. The standard InChI is InChI=1S/C27H31FN4O3S/c1-36(34,35)24-10-4-20(5-11-24)19-30-16-12-21(13-17-30)26-25(27(33)31-14-2-3-15-31)18-29-32(26)23-8-6-22(28)7-9-23/h4-11,18,21H,2-3,12-17,19H2,1H3. The maximum Gasteiger partial charge on any atom is 0.257 e. The minimum Gasteiger partial charge on any atom is -0.339 e. The molecule has 2 aliphatic rings. The molecule has 1 aromatic heterocycles. The van der Waals surface area contributed by atoms with Crippen LogP contribution in [0.2, 0.25) is 0 Å². The summed E-state index contributed by atoms with van der Waals surface area (Å²) in [7, 11) is -3.21. The Bertz CT molecular complexity index is 1320. The van der Waals surface area contributed by atoms with E-state index in [1.165, 1.54) is 18.4 Å². The fraction of sp³-hybridized carbons (Fsp3) is 0.407. The van der Waals surface area contributed by atoms with E-state index in [1.807, 2.05) is 21.7 Å². The van der Waals surface area contributed by atoms with Gasteiger partial charge in [-0.15, -0.1) is 0 Å². The minimum atomic E-state index is -3.21. The van der Waals surface area contributed by atoms with Crippen LogP contribution in [0.4, 0.5) is 4.39 Å². The van der Waals surface area contributed by atoms with Crippen LogP contribution in [0.5, 0.6) is 0 Å². The highest BCUT2D eigenvalue weighted by atomic mass is 32.2. The first-order valence-electron chi connectivity index (χ1n) is 12.4. The summed E-state index contributed by atoms with van der Waals surface area (Å²) in [6.45, 7) is 4.00. The van der Waals surface area contributed by atoms with E-state index in [0.717, 1.165) is 75.4 Å². The van der Waals surface area contributed by atoms with Crippen molar-refractivity contribution >= 4 is 15.7 Å². The first kappa shape index (κ1) is 24.6. The van der Waals surface area contributed by atoms with Crippen LogP contribution in [-0.4, -0.2) is 66.3 Å². The molecule has 0 N–H and O–H groups in total. The molecule has 2 fully saturated rings. The third kappa shape index (κ3) is 5.22. The second-order valence-electron chi connectivity index (χ2n) is 9.80. The number of hydrogen-bond donors (Lipinski definition) is 0. The Labute approximate surface area is 211 Å². The van der Waals surface area contributed by atoms with Crippen molar-refractivity contribution in [3.8, 4) is 5.69 Å². The second kappa shape index (κ2) is 10.1. The van der Waals surface area contributed by atoms with Crippen molar-refractivity contribution in [1.29, 1.82) is 0 Å². The Morgan fingerprint density at radius 3 is 2.22 bits per heavy atom. The zero-order valence-corrected chi connectivity index (χ0v) is 21.3. The van der Waals surface area contributed by atoms with Crippen molar-refractivity contribution in [2.24, 2.45) is 0 Å². The van der Waals surface area contributed by atoms with E-state index in [4.69, 9.17) is 0 Å². The highest BCUT2D eigenvalue weighted by molar-refractivity contribution is 7.90. The number of hydrogen-bond acceptors (Lipinski definition) is 5. The summed E-state index contributed by atoms with van der Waals surface area (Å²) < 4.78 is 38.8. The smallest absolute Gasteiger partial charge is 0.257 e. The fourth-order valence-electron chi connectivity index (χ4n) is 5.26. The van der Waals surface area contributed by atoms with Gasteiger partial charge in [0.25, 0.3) is 5.91 Å². The lowest BCUT2D eigenvalue weighted by Gasteiger charge is -2.33. The van der Waals surface area contributed by atoms with Gasteiger partial charge in [-0.25, -0.2) is 17.5 Å². The molecule has 0 saturated carbocycles. The van der Waals surface area contributed by atoms with Crippen LogP contribution < -0.4 is 0 Å². The monoisotopic (exact) mass is 510 g/mol. The molecule has 0 bridgehead atoms. The second-order valence-corrected chi connectivity index (χ2v) is 11.8. The third-order valence-corrected chi connectivity index (χ3v) is 8.36. The Morgan fingerprint density at radius 2 is 1.61 bits per heavy atom. The predicted molar refractivity (Wildman–Crippen MR) is 135 cm³/mol. The molecule has 3 aromatic rings. The fourth-order valence-corrected chi connectivity index (χ4v) is 5.89. The van der Waals surface area contributed by atoms with Gasteiger partial charge in [0, 0.05) is 31.8 Å². The largest absolute Gasteiger partial charge is 0.339 e. The van der Waals surface area contributed by atoms with Gasteiger partial charge in [0.05, 0.1) is 28.0 Å². The molecule has 1 amide bonds. The van der Waals surface area contributed by atoms with Gasteiger partial charge in [0.2, 0.25) is 0 Å². The van der Waals surface area contributed by atoms with Crippen LogP contribution >= 0.6 is 0 Å². The van der Waals surface area contributed by atoms with E-state index >= 15 is 0 Å². The van der Waals surface area contributed by atoms with Crippen LogP contribution in [0.3, 0.4) is 0 Å². The molecule has 36 heavy (non-hydrogen) atoms. The van der Waals surface area contributed by atoms with Crippen LogP contribution in [0.1, 0.15) is 53.2 Å². The summed E-state index contributed by atoms with van der Waals surface area (Å²) in [4.78, 5) is 18.0. The first-order valence-corrected chi connectivity index (χ1v) is 14.3. The van der Waals surface area contributed by atoms with Gasteiger partial charge in [-0.2, -0.15) is 5.10 Å². The number of carbonyl (C=O) groups is 1. The Morgan fingerprint density at radius 1 is 0.972 bits per heavy atom. The van der Waals surface area contributed by atoms with Gasteiger partial charge >= 0.3 is 0 Å². The van der Waals surface area contributed by atoms with Crippen molar-refractivity contribution in [2.75, 3.05) is 32.4 Å². The Kier molecular flexibility index (Phi) is 6.94. The number of amides is 1. The molecule has 0 radical (unpaired) electrons. The number of rotatable bonds is 6. The number of halogens is 1. The maximum absolute atomic E-state index is 13.6. The molecular formula is C27H31FN4O3S. The number of likely N-dealkylation sites (tertiary alicyclic amines) is 2. The Hall–Kier alpha value is -3.04. The van der Waals surface area contributed by atoms with Crippen molar-refractivity contribution in [1.82, 2.24) is 19.6 Å². The highest BCUT2D eigenvalue weighted by Crippen LogP contribution is 2.33. The van der Waals surface area contributed by atoms with Crippen molar-refractivity contribution in [2.45, 2.75) is 43.0 Å². The maximum atomic E-state index is 13.6. The summed E-state index contributed by atoms with van der Waals surface area (Å²) >= 11 is 0. The summed E-state index contributed by atoms with van der Waals surface area (Å²) in [6.07, 6.45) is 6.68. The molecule has 0 unspecified atom stereocenters. The number of benzene rings is 2. The van der Waals surface area contributed by atoms with Crippen molar-refractivity contribution in [3.63, 3.8) is 0 Å². The van der Waals surface area contributed by atoms with Gasteiger partial charge in [-0.05, 0) is 80.7 Å². The summed E-state index contributed by atoms with van der Waals surface area (Å²) in [5.41, 5.74) is 3.38. The lowest BCUT2D eigenvalue weighted by molar-refractivity contribution is 0.0790. The molecule has 5 rings (SSSR count). The van der Waals surface area contributed by atoms with Gasteiger partial charge < -0.3 is 4.90 Å². The summed E-state index contributed by atoms with van der Waals surface area (Å²) in [6, 6.07) is 13.3. The van der Waals surface area contributed by atoms with E-state index in [0.29, 0.717) is 10.5 Å². The number of piperidine rings is 1. The minimum absolute atomic E-state index is 0.0317. The third-order valence-electron chi connectivity index (χ3n) is 7.23. The summed E-state index contributed by atoms with van der Waals surface area (Å²) in [5, 5.41) is 4.58. The van der Waals surface area contributed by atoms with Gasteiger partial charge in [-0.3, -0.25) is 9.69 Å². The molecule has 2 aromatic carbocycles. The number of carbonyl (C=O) groups excluding carboxylic acids is 1. The first-order chi connectivity index (χ1) is 17.3. The number of nitrogens with zero attached hydrogens (tertiary/aromatic N) is 4. The lowest BCUT2D eigenvalue weighted by atomic mass is 9.90. The van der Waals surface area contributed by atoms with Crippen molar-refractivity contribution in [3.05, 3.63) is 77.4 Å². The van der Waals surface area contributed by atoms with E-state index in [2.05, 4.69) is 10.00 Å². The molecule has 0 aliphatic carbocycles. The molecule has 9 heteroatoms. The molecular weight excluding hydrogens is 479 g/mol. The quantitative estimate of drug-likeness (QED) is 0.501. The van der Waals surface area contributed by atoms with E-state index in [9.17, 15) is 17.6 Å². The van der Waals surface area contributed by atoms with Gasteiger partial charge in [-0.1, -0.05) is 12.1 Å². The summed E-state index contributed by atoms with van der Waals surface area (Å²) in [5.74, 6) is -0.120. The van der Waals surface area contributed by atoms with Crippen molar-refractivity contribution < 1.29 is 17.6 Å². The highest BCUT2D eigenvalue weighted by Gasteiger charge is 2.31. The average Bonchev–Trinajstić information content (AvgIpc) is 3.55. The van der Waals surface area contributed by atoms with Gasteiger partial charge in [0.15, 0.2) is 9.84 Å². The molecule has 7 nitrogen and oxygen atoms in total. The van der Waals surface area contributed by atoms with Crippen LogP contribution in [0, 0.1) is 5.82 Å². The molecule has 2 aliphatic heterocycles. The molecule has 2 saturated heterocycles. The molecule has 190 valence electrons. The predicted octanol–water partition coefficient (Wildman–Crippen LogP) is 4.03. The average molecular weight is 511 g/mol. The van der Waals surface area contributed by atoms with Crippen LogP contribution in [0.25, 0.3) is 5.69 Å². The molecule has 0 spiro atoms. The van der Waals surface area contributed by atoms with Gasteiger partial charge in [0.1, 0.15) is 5.82 Å². The molecule has 0 atom stereocenters. The zero-order chi connectivity index (χ0) is 25.3. The molecule has 3 heterocycles.